The Hall–Kier alpha value is -4.71. The van der Waals surface area contributed by atoms with Crippen molar-refractivity contribution in [2.75, 3.05) is 0 Å². The Kier molecular flexibility index (Phi) is 9.04. The van der Waals surface area contributed by atoms with Crippen LogP contribution < -0.4 is 14.2 Å². The van der Waals surface area contributed by atoms with Crippen LogP contribution >= 0.6 is 0 Å². The largest absolute Gasteiger partial charge is 0.423 e. The van der Waals surface area contributed by atoms with Gasteiger partial charge in [-0.3, -0.25) is 0 Å². The zero-order valence-corrected chi connectivity index (χ0v) is 22.9. The summed E-state index contributed by atoms with van der Waals surface area (Å²) in [6.45, 7) is 19.9. The summed E-state index contributed by atoms with van der Waals surface area (Å²) in [5.41, 5.74) is 6.54. The number of carbonyl (C=O) groups is 3. The molecule has 0 aliphatic heterocycles. The van der Waals surface area contributed by atoms with Crippen molar-refractivity contribution >= 4 is 17.9 Å². The van der Waals surface area contributed by atoms with Crippen LogP contribution in [0.2, 0.25) is 0 Å². The van der Waals surface area contributed by atoms with Crippen molar-refractivity contribution in [1.29, 1.82) is 0 Å². The summed E-state index contributed by atoms with van der Waals surface area (Å²) in [5, 5.41) is 0. The van der Waals surface area contributed by atoms with Gasteiger partial charge < -0.3 is 14.2 Å². The molecule has 3 aromatic carbocycles. The molecule has 0 N–H and O–H groups in total. The molecule has 0 heterocycles. The number of hydrogen-bond donors (Lipinski definition) is 0. The molecule has 0 fully saturated rings. The first-order chi connectivity index (χ1) is 18.5. The molecule has 0 aliphatic carbocycles. The number of rotatable bonds is 9. The van der Waals surface area contributed by atoms with Gasteiger partial charge in [-0.1, -0.05) is 61.7 Å². The van der Waals surface area contributed by atoms with Gasteiger partial charge in [0.1, 0.15) is 17.2 Å². The lowest BCUT2D eigenvalue weighted by molar-refractivity contribution is -0.129. The van der Waals surface area contributed by atoms with Gasteiger partial charge in [-0.2, -0.15) is 0 Å². The molecule has 0 saturated carbocycles. The molecule has 0 unspecified atom stereocenters. The molecule has 200 valence electrons. The first kappa shape index (κ1) is 28.9. The van der Waals surface area contributed by atoms with Crippen LogP contribution in [0.1, 0.15) is 50.4 Å². The molecule has 6 heteroatoms. The SMILES string of the molecule is C=CC(=O)Oc1ccc(C)cc1C(c1cc(C)c(OC(=O)C=C)c(C)c1)c1cc(C)c(OC(=O)C=C)c(C)c1. The van der Waals surface area contributed by atoms with Gasteiger partial charge in [-0.15, -0.1) is 0 Å². The smallest absolute Gasteiger partial charge is 0.335 e. The molecule has 0 aromatic heterocycles. The van der Waals surface area contributed by atoms with Gasteiger partial charge in [0.15, 0.2) is 0 Å². The molecule has 3 aromatic rings. The Morgan fingerprint density at radius 2 is 1.00 bits per heavy atom. The molecule has 0 spiro atoms. The van der Waals surface area contributed by atoms with Crippen LogP contribution in [0.5, 0.6) is 17.2 Å². The number of benzene rings is 3. The van der Waals surface area contributed by atoms with Crippen LogP contribution in [-0.4, -0.2) is 17.9 Å². The minimum atomic E-state index is -0.572. The molecular weight excluding hydrogens is 492 g/mol. The first-order valence-corrected chi connectivity index (χ1v) is 12.3. The fourth-order valence-corrected chi connectivity index (χ4v) is 4.60. The Balaban J connectivity index is 2.31. The summed E-state index contributed by atoms with van der Waals surface area (Å²) >= 11 is 0. The monoisotopic (exact) mass is 524 g/mol. The number of ether oxygens (including phenoxy) is 3. The third kappa shape index (κ3) is 6.60. The van der Waals surface area contributed by atoms with Crippen molar-refractivity contribution in [3.63, 3.8) is 0 Å². The highest BCUT2D eigenvalue weighted by atomic mass is 16.5. The van der Waals surface area contributed by atoms with Crippen LogP contribution in [-0.2, 0) is 14.4 Å². The molecule has 0 atom stereocenters. The van der Waals surface area contributed by atoms with Gasteiger partial charge in [-0.05, 0) is 74.1 Å². The first-order valence-electron chi connectivity index (χ1n) is 12.3. The van der Waals surface area contributed by atoms with Crippen molar-refractivity contribution in [2.24, 2.45) is 0 Å². The predicted molar refractivity (Wildman–Crippen MR) is 151 cm³/mol. The fourth-order valence-electron chi connectivity index (χ4n) is 4.60. The molecule has 0 bridgehead atoms. The van der Waals surface area contributed by atoms with Gasteiger partial charge >= 0.3 is 17.9 Å². The average Bonchev–Trinajstić information content (AvgIpc) is 2.89. The van der Waals surface area contributed by atoms with E-state index >= 15 is 0 Å². The van der Waals surface area contributed by atoms with E-state index in [-0.39, 0.29) is 5.92 Å². The zero-order valence-electron chi connectivity index (χ0n) is 22.9. The lowest BCUT2D eigenvalue weighted by Crippen LogP contribution is -2.13. The quantitative estimate of drug-likeness (QED) is 0.134. The minimum Gasteiger partial charge on any atom is -0.423 e. The van der Waals surface area contributed by atoms with E-state index in [2.05, 4.69) is 19.7 Å². The highest BCUT2D eigenvalue weighted by molar-refractivity contribution is 5.85. The van der Waals surface area contributed by atoms with E-state index in [1.807, 2.05) is 71.0 Å². The van der Waals surface area contributed by atoms with E-state index in [0.717, 1.165) is 62.7 Å². The summed E-state index contributed by atoms with van der Waals surface area (Å²) in [6, 6.07) is 13.4. The molecule has 39 heavy (non-hydrogen) atoms. The molecule has 0 amide bonds. The number of carbonyl (C=O) groups excluding carboxylic acids is 3. The summed E-state index contributed by atoms with van der Waals surface area (Å²) < 4.78 is 16.6. The summed E-state index contributed by atoms with van der Waals surface area (Å²) in [4.78, 5) is 36.1. The molecular formula is C33H32O6. The second-order valence-electron chi connectivity index (χ2n) is 9.32. The van der Waals surface area contributed by atoms with Crippen LogP contribution in [0.3, 0.4) is 0 Å². The third-order valence-electron chi connectivity index (χ3n) is 6.22. The van der Waals surface area contributed by atoms with E-state index in [4.69, 9.17) is 14.2 Å². The van der Waals surface area contributed by atoms with E-state index < -0.39 is 17.9 Å². The minimum absolute atomic E-state index is 0.388. The Morgan fingerprint density at radius 3 is 1.38 bits per heavy atom. The maximum atomic E-state index is 12.2. The number of aryl methyl sites for hydroxylation is 5. The van der Waals surface area contributed by atoms with Gasteiger partial charge in [0.2, 0.25) is 0 Å². The van der Waals surface area contributed by atoms with Crippen molar-refractivity contribution in [2.45, 2.75) is 40.5 Å². The Bertz CT molecular complexity index is 1370. The predicted octanol–water partition coefficient (Wildman–Crippen LogP) is 6.68. The highest BCUT2D eigenvalue weighted by Gasteiger charge is 2.25. The van der Waals surface area contributed by atoms with E-state index in [9.17, 15) is 14.4 Å². The van der Waals surface area contributed by atoms with Crippen LogP contribution in [0, 0.1) is 34.6 Å². The standard InChI is InChI=1S/C33H32O6/c1-9-28(34)37-27-13-12-19(4)14-26(27)31(24-15-20(5)32(21(6)16-24)38-29(35)10-2)25-17-22(7)33(23(8)18-25)39-30(36)11-3/h9-18,31H,1-3H2,4-8H3. The van der Waals surface area contributed by atoms with Crippen LogP contribution in [0.4, 0.5) is 0 Å². The van der Waals surface area contributed by atoms with Gasteiger partial charge in [-0.25, -0.2) is 14.4 Å². The number of esters is 3. The highest BCUT2D eigenvalue weighted by Crippen LogP contribution is 2.42. The van der Waals surface area contributed by atoms with Crippen molar-refractivity contribution in [3.8, 4) is 17.2 Å². The van der Waals surface area contributed by atoms with Crippen molar-refractivity contribution < 1.29 is 28.6 Å². The maximum absolute atomic E-state index is 12.2. The van der Waals surface area contributed by atoms with Gasteiger partial charge in [0.25, 0.3) is 0 Å². The average molecular weight is 525 g/mol. The molecule has 6 nitrogen and oxygen atoms in total. The van der Waals surface area contributed by atoms with Crippen molar-refractivity contribution in [1.82, 2.24) is 0 Å². The second-order valence-corrected chi connectivity index (χ2v) is 9.32. The van der Waals surface area contributed by atoms with Crippen LogP contribution in [0.15, 0.2) is 80.4 Å². The maximum Gasteiger partial charge on any atom is 0.335 e. The number of hydrogen-bond acceptors (Lipinski definition) is 6. The zero-order chi connectivity index (χ0) is 28.9. The molecule has 0 radical (unpaired) electrons. The van der Waals surface area contributed by atoms with E-state index in [1.165, 1.54) is 0 Å². The van der Waals surface area contributed by atoms with E-state index in [1.54, 1.807) is 6.07 Å². The lowest BCUT2D eigenvalue weighted by atomic mass is 9.81. The summed E-state index contributed by atoms with van der Waals surface area (Å²) in [5.74, 6) is -0.728. The second kappa shape index (κ2) is 12.2. The normalized spacial score (nSPS) is 10.5. The molecule has 0 aliphatic rings. The summed E-state index contributed by atoms with van der Waals surface area (Å²) in [6.07, 6.45) is 3.36. The topological polar surface area (TPSA) is 78.9 Å². The Morgan fingerprint density at radius 1 is 0.615 bits per heavy atom. The van der Waals surface area contributed by atoms with Gasteiger partial charge in [0, 0.05) is 29.7 Å². The van der Waals surface area contributed by atoms with Crippen molar-refractivity contribution in [3.05, 3.63) is 125 Å². The fraction of sp³-hybridized carbons (Fsp3) is 0.182. The van der Waals surface area contributed by atoms with Gasteiger partial charge in [0.05, 0.1) is 0 Å². The summed E-state index contributed by atoms with van der Waals surface area (Å²) in [7, 11) is 0. The molecule has 0 saturated heterocycles. The van der Waals surface area contributed by atoms with Crippen LogP contribution in [0.25, 0.3) is 0 Å². The van der Waals surface area contributed by atoms with E-state index in [0.29, 0.717) is 17.2 Å². The third-order valence-corrected chi connectivity index (χ3v) is 6.22. The lowest BCUT2D eigenvalue weighted by Gasteiger charge is -2.25. The molecule has 3 rings (SSSR count). The Labute approximate surface area is 229 Å².